The highest BCUT2D eigenvalue weighted by Crippen LogP contribution is 2.35. The van der Waals surface area contributed by atoms with Crippen molar-refractivity contribution in [1.29, 1.82) is 0 Å². The second kappa shape index (κ2) is 5.54. The normalized spacial score (nSPS) is 11.6. The molecule has 0 fully saturated rings. The molecule has 1 aromatic carbocycles. The maximum absolute atomic E-state index is 12.8. The van der Waals surface area contributed by atoms with Crippen LogP contribution in [-0.4, -0.2) is 0 Å². The summed E-state index contributed by atoms with van der Waals surface area (Å²) in [5.41, 5.74) is -0.528. The van der Waals surface area contributed by atoms with Crippen molar-refractivity contribution < 1.29 is 13.2 Å². The number of alkyl halides is 3. The van der Waals surface area contributed by atoms with Gasteiger partial charge in [0.1, 0.15) is 0 Å². The third kappa shape index (κ3) is 3.51. The van der Waals surface area contributed by atoms with Crippen LogP contribution in [-0.2, 0) is 12.7 Å². The average Bonchev–Trinajstić information content (AvgIpc) is 2.65. The Morgan fingerprint density at radius 2 is 1.95 bits per heavy atom. The summed E-state index contributed by atoms with van der Waals surface area (Å²) in [4.78, 5) is 2.10. The van der Waals surface area contributed by atoms with E-state index in [1.54, 1.807) is 17.4 Å². The van der Waals surface area contributed by atoms with Crippen molar-refractivity contribution in [3.8, 4) is 0 Å². The number of aryl methyl sites for hydroxylation is 1. The Morgan fingerprint density at radius 1 is 1.26 bits per heavy atom. The van der Waals surface area contributed by atoms with Gasteiger partial charge in [-0.15, -0.1) is 11.3 Å². The minimum atomic E-state index is -4.34. The lowest BCUT2D eigenvalue weighted by molar-refractivity contribution is -0.136. The van der Waals surface area contributed by atoms with Crippen LogP contribution in [0, 0.1) is 6.92 Å². The van der Waals surface area contributed by atoms with Crippen molar-refractivity contribution in [1.82, 2.24) is 0 Å². The topological polar surface area (TPSA) is 12.0 Å². The number of benzene rings is 1. The molecule has 0 bridgehead atoms. The number of rotatable bonds is 3. The fourth-order valence-corrected chi connectivity index (χ4v) is 3.21. The van der Waals surface area contributed by atoms with E-state index in [1.807, 2.05) is 13.0 Å². The molecule has 0 amide bonds. The van der Waals surface area contributed by atoms with Gasteiger partial charge in [-0.1, -0.05) is 12.1 Å². The van der Waals surface area contributed by atoms with Gasteiger partial charge in [0, 0.05) is 26.5 Å². The molecule has 19 heavy (non-hydrogen) atoms. The van der Waals surface area contributed by atoms with Gasteiger partial charge in [-0.05, 0) is 41.1 Å². The van der Waals surface area contributed by atoms with Gasteiger partial charge in [0.15, 0.2) is 0 Å². The van der Waals surface area contributed by atoms with Gasteiger partial charge in [0.05, 0.1) is 5.56 Å². The average molecular weight is 350 g/mol. The third-order valence-electron chi connectivity index (χ3n) is 2.59. The molecule has 0 spiro atoms. The first-order valence-electron chi connectivity index (χ1n) is 5.53. The maximum atomic E-state index is 12.8. The van der Waals surface area contributed by atoms with E-state index in [1.165, 1.54) is 12.1 Å². The van der Waals surface area contributed by atoms with Crippen LogP contribution >= 0.6 is 27.3 Å². The lowest BCUT2D eigenvalue weighted by atomic mass is 10.1. The maximum Gasteiger partial charge on any atom is 0.418 e. The Morgan fingerprint density at radius 3 is 2.53 bits per heavy atom. The summed E-state index contributed by atoms with van der Waals surface area (Å²) in [6.45, 7) is 2.34. The van der Waals surface area contributed by atoms with Crippen molar-refractivity contribution in [3.63, 3.8) is 0 Å². The highest BCUT2D eigenvalue weighted by molar-refractivity contribution is 9.10. The standard InChI is InChI=1S/C13H11BrF3NS/c1-8-11(14)6-9(19-8)7-18-12-5-3-2-4-10(12)13(15,16)17/h2-6,18H,7H2,1H3. The van der Waals surface area contributed by atoms with Crippen LogP contribution in [0.3, 0.4) is 0 Å². The van der Waals surface area contributed by atoms with Crippen molar-refractivity contribution in [2.45, 2.75) is 19.6 Å². The van der Waals surface area contributed by atoms with Crippen molar-refractivity contribution in [2.75, 3.05) is 5.32 Å². The molecule has 0 saturated carbocycles. The molecule has 0 saturated heterocycles. The first-order valence-corrected chi connectivity index (χ1v) is 7.14. The van der Waals surface area contributed by atoms with Gasteiger partial charge in [-0.2, -0.15) is 13.2 Å². The molecule has 0 aliphatic rings. The van der Waals surface area contributed by atoms with E-state index in [0.717, 1.165) is 20.3 Å². The Hall–Kier alpha value is -1.01. The lowest BCUT2D eigenvalue weighted by Crippen LogP contribution is -2.10. The molecule has 0 unspecified atom stereocenters. The first-order chi connectivity index (χ1) is 8.88. The van der Waals surface area contributed by atoms with Gasteiger partial charge >= 0.3 is 6.18 Å². The molecule has 0 aliphatic heterocycles. The zero-order valence-electron chi connectivity index (χ0n) is 10.0. The monoisotopic (exact) mass is 349 g/mol. The van der Waals surface area contributed by atoms with Crippen LogP contribution in [0.25, 0.3) is 0 Å². The van der Waals surface area contributed by atoms with E-state index in [9.17, 15) is 13.2 Å². The fourth-order valence-electron chi connectivity index (χ4n) is 1.67. The summed E-state index contributed by atoms with van der Waals surface area (Å²) in [7, 11) is 0. The number of thiophene rings is 1. The molecule has 0 atom stereocenters. The molecular formula is C13H11BrF3NS. The number of anilines is 1. The van der Waals surface area contributed by atoms with Gasteiger partial charge < -0.3 is 5.32 Å². The number of halogens is 4. The van der Waals surface area contributed by atoms with Gasteiger partial charge in [-0.25, -0.2) is 0 Å². The van der Waals surface area contributed by atoms with E-state index in [0.29, 0.717) is 6.54 Å². The summed E-state index contributed by atoms with van der Waals surface area (Å²) in [6, 6.07) is 7.42. The zero-order valence-corrected chi connectivity index (χ0v) is 12.4. The number of hydrogen-bond donors (Lipinski definition) is 1. The van der Waals surface area contributed by atoms with E-state index in [4.69, 9.17) is 0 Å². The first kappa shape index (κ1) is 14.4. The van der Waals surface area contributed by atoms with E-state index in [2.05, 4.69) is 21.2 Å². The summed E-state index contributed by atoms with van der Waals surface area (Å²) >= 11 is 4.95. The molecule has 1 N–H and O–H groups in total. The molecule has 2 aromatic rings. The largest absolute Gasteiger partial charge is 0.418 e. The summed E-state index contributed by atoms with van der Waals surface area (Å²) in [5.74, 6) is 0. The molecule has 6 heteroatoms. The quantitative estimate of drug-likeness (QED) is 0.776. The van der Waals surface area contributed by atoms with Gasteiger partial charge in [-0.3, -0.25) is 0 Å². The number of nitrogens with one attached hydrogen (secondary N) is 1. The Bertz CT molecular complexity index is 558. The van der Waals surface area contributed by atoms with E-state index in [-0.39, 0.29) is 5.69 Å². The minimum Gasteiger partial charge on any atom is -0.380 e. The molecule has 0 radical (unpaired) electrons. The minimum absolute atomic E-state index is 0.108. The molecular weight excluding hydrogens is 339 g/mol. The van der Waals surface area contributed by atoms with Crippen molar-refractivity contribution in [2.24, 2.45) is 0 Å². The molecule has 1 aromatic heterocycles. The van der Waals surface area contributed by atoms with Crippen LogP contribution in [0.2, 0.25) is 0 Å². The van der Waals surface area contributed by atoms with Crippen molar-refractivity contribution >= 4 is 33.0 Å². The molecule has 0 aliphatic carbocycles. The second-order valence-electron chi connectivity index (χ2n) is 4.01. The summed E-state index contributed by atoms with van der Waals surface area (Å²) in [6.07, 6.45) is -4.34. The highest BCUT2D eigenvalue weighted by atomic mass is 79.9. The Labute approximate surface area is 121 Å². The van der Waals surface area contributed by atoms with Crippen LogP contribution in [0.15, 0.2) is 34.8 Å². The van der Waals surface area contributed by atoms with Crippen molar-refractivity contribution in [3.05, 3.63) is 50.1 Å². The predicted molar refractivity (Wildman–Crippen MR) is 75.5 cm³/mol. The fraction of sp³-hybridized carbons (Fsp3) is 0.231. The van der Waals surface area contributed by atoms with Crippen LogP contribution < -0.4 is 5.32 Å². The highest BCUT2D eigenvalue weighted by Gasteiger charge is 2.33. The molecule has 2 rings (SSSR count). The zero-order chi connectivity index (χ0) is 14.0. The van der Waals surface area contributed by atoms with Gasteiger partial charge in [0.25, 0.3) is 0 Å². The van der Waals surface area contributed by atoms with Crippen LogP contribution in [0.4, 0.5) is 18.9 Å². The third-order valence-corrected chi connectivity index (χ3v) is 4.73. The Kier molecular flexibility index (Phi) is 4.20. The molecule has 1 nitrogen and oxygen atoms in total. The summed E-state index contributed by atoms with van der Waals surface area (Å²) < 4.78 is 39.4. The summed E-state index contributed by atoms with van der Waals surface area (Å²) in [5, 5.41) is 2.85. The Balaban J connectivity index is 2.16. The SMILES string of the molecule is Cc1sc(CNc2ccccc2C(F)(F)F)cc1Br. The van der Waals surface area contributed by atoms with Crippen LogP contribution in [0.5, 0.6) is 0 Å². The second-order valence-corrected chi connectivity index (χ2v) is 6.21. The number of hydrogen-bond acceptors (Lipinski definition) is 2. The van der Waals surface area contributed by atoms with Gasteiger partial charge in [0.2, 0.25) is 0 Å². The predicted octanol–water partition coefficient (Wildman–Crippen LogP) is 5.45. The number of para-hydroxylation sites is 1. The lowest BCUT2D eigenvalue weighted by Gasteiger charge is -2.13. The van der Waals surface area contributed by atoms with Crippen LogP contribution in [0.1, 0.15) is 15.3 Å². The smallest absolute Gasteiger partial charge is 0.380 e. The molecule has 102 valence electrons. The van der Waals surface area contributed by atoms with E-state index >= 15 is 0 Å². The van der Waals surface area contributed by atoms with E-state index < -0.39 is 11.7 Å². The molecule has 1 heterocycles.